The van der Waals surface area contributed by atoms with E-state index in [1.54, 1.807) is 11.8 Å². The van der Waals surface area contributed by atoms with Crippen molar-refractivity contribution in [3.63, 3.8) is 0 Å². The minimum Gasteiger partial charge on any atom is -0.334 e. The number of carbonyl (C=O) groups is 1. The second-order valence-corrected chi connectivity index (χ2v) is 7.49. The van der Waals surface area contributed by atoms with Gasteiger partial charge in [0.15, 0.2) is 0 Å². The molecule has 0 aromatic heterocycles. The molecule has 0 bridgehead atoms. The highest BCUT2D eigenvalue weighted by atomic mass is 32.2. The summed E-state index contributed by atoms with van der Waals surface area (Å²) in [6.45, 7) is 4.29. The lowest BCUT2D eigenvalue weighted by Gasteiger charge is -2.28. The maximum atomic E-state index is 12.5. The summed E-state index contributed by atoms with van der Waals surface area (Å²) in [6, 6.07) is 7.47. The van der Waals surface area contributed by atoms with Crippen LogP contribution in [0.2, 0.25) is 0 Å². The Morgan fingerprint density at radius 1 is 1.33 bits per heavy atom. The molecule has 0 spiro atoms. The molecular weight excluding hydrogens is 288 g/mol. The molecular formula is C15H22N2O3S. The lowest BCUT2D eigenvalue weighted by Crippen LogP contribution is -2.46. The fourth-order valence-corrected chi connectivity index (χ4v) is 3.53. The number of hydrogen-bond acceptors (Lipinski definition) is 3. The Bertz CT molecular complexity index is 610. The zero-order chi connectivity index (χ0) is 15.6. The van der Waals surface area contributed by atoms with Crippen LogP contribution in [0.1, 0.15) is 36.9 Å². The van der Waals surface area contributed by atoms with Crippen LogP contribution in [0.4, 0.5) is 0 Å². The maximum Gasteiger partial charge on any atom is 0.240 e. The quantitative estimate of drug-likeness (QED) is 0.918. The number of hydrogen-bond donors (Lipinski definition) is 1. The van der Waals surface area contributed by atoms with Crippen molar-refractivity contribution in [3.8, 4) is 0 Å². The normalized spacial score (nSPS) is 20.5. The number of nitrogens with zero attached hydrogens (tertiary/aromatic N) is 1. The molecule has 2 rings (SSSR count). The minimum absolute atomic E-state index is 0.0434. The van der Waals surface area contributed by atoms with Crippen LogP contribution in [0, 0.1) is 6.92 Å². The summed E-state index contributed by atoms with van der Waals surface area (Å²) in [5.41, 5.74) is 2.29. The number of sulfonamides is 1. The van der Waals surface area contributed by atoms with Crippen molar-refractivity contribution in [2.45, 2.75) is 38.8 Å². The maximum absolute atomic E-state index is 12.5. The third kappa shape index (κ3) is 4.04. The summed E-state index contributed by atoms with van der Waals surface area (Å²) in [5.74, 6) is -0.163. The van der Waals surface area contributed by atoms with Crippen molar-refractivity contribution in [2.75, 3.05) is 12.8 Å². The van der Waals surface area contributed by atoms with Crippen molar-refractivity contribution >= 4 is 15.9 Å². The van der Waals surface area contributed by atoms with Gasteiger partial charge >= 0.3 is 0 Å². The third-order valence-electron chi connectivity index (χ3n) is 3.76. The Hall–Kier alpha value is -1.40. The minimum atomic E-state index is -3.38. The van der Waals surface area contributed by atoms with Crippen LogP contribution in [0.3, 0.4) is 0 Å². The van der Waals surface area contributed by atoms with Crippen LogP contribution in [-0.4, -0.2) is 38.1 Å². The lowest BCUT2D eigenvalue weighted by atomic mass is 10.0. The van der Waals surface area contributed by atoms with Gasteiger partial charge in [0.25, 0.3) is 0 Å². The van der Waals surface area contributed by atoms with Gasteiger partial charge in [-0.2, -0.15) is 0 Å². The Kier molecular flexibility index (Phi) is 4.68. The van der Waals surface area contributed by atoms with E-state index in [4.69, 9.17) is 0 Å². The molecule has 1 aromatic rings. The predicted molar refractivity (Wildman–Crippen MR) is 82.3 cm³/mol. The van der Waals surface area contributed by atoms with E-state index >= 15 is 0 Å². The van der Waals surface area contributed by atoms with Crippen LogP contribution in [0.5, 0.6) is 0 Å². The van der Waals surface area contributed by atoms with Gasteiger partial charge in [0, 0.05) is 6.54 Å². The molecule has 0 aliphatic carbocycles. The monoisotopic (exact) mass is 310 g/mol. The Morgan fingerprint density at radius 2 is 1.95 bits per heavy atom. The van der Waals surface area contributed by atoms with E-state index in [0.717, 1.165) is 24.7 Å². The van der Waals surface area contributed by atoms with Gasteiger partial charge in [0.05, 0.1) is 18.3 Å². The molecule has 1 aliphatic heterocycles. The van der Waals surface area contributed by atoms with Gasteiger partial charge in [-0.15, -0.1) is 0 Å². The summed E-state index contributed by atoms with van der Waals surface area (Å²) >= 11 is 0. The Morgan fingerprint density at radius 3 is 2.52 bits per heavy atom. The number of amides is 1. The molecule has 0 saturated carbocycles. The molecule has 0 unspecified atom stereocenters. The average molecular weight is 310 g/mol. The number of benzene rings is 1. The standard InChI is InChI=1S/C15H22N2O3S/c1-11-6-8-13(9-7-11)14-5-4-10-17(14)15(18)12(2)16-21(3,19)20/h6-9,12,14,16H,4-5,10H2,1-3H3/t12-,14-/m0/s1. The molecule has 1 N–H and O–H groups in total. The van der Waals surface area contributed by atoms with Crippen molar-refractivity contribution in [3.05, 3.63) is 35.4 Å². The smallest absolute Gasteiger partial charge is 0.240 e. The summed E-state index contributed by atoms with van der Waals surface area (Å²) in [6.07, 6.45) is 2.93. The second kappa shape index (κ2) is 6.15. The molecule has 5 nitrogen and oxygen atoms in total. The van der Waals surface area contributed by atoms with Gasteiger partial charge < -0.3 is 4.90 Å². The van der Waals surface area contributed by atoms with Gasteiger partial charge in [0.1, 0.15) is 0 Å². The second-order valence-electron chi connectivity index (χ2n) is 5.71. The molecule has 1 fully saturated rings. The molecule has 2 atom stereocenters. The number of aryl methyl sites for hydroxylation is 1. The highest BCUT2D eigenvalue weighted by Gasteiger charge is 2.33. The van der Waals surface area contributed by atoms with Gasteiger partial charge in [-0.05, 0) is 32.3 Å². The Balaban J connectivity index is 2.14. The van der Waals surface area contributed by atoms with Gasteiger partial charge in [-0.25, -0.2) is 13.1 Å². The van der Waals surface area contributed by atoms with Crippen LogP contribution in [-0.2, 0) is 14.8 Å². The number of nitrogens with one attached hydrogen (secondary N) is 1. The van der Waals surface area contributed by atoms with E-state index in [2.05, 4.69) is 4.72 Å². The third-order valence-corrected chi connectivity index (χ3v) is 4.54. The van der Waals surface area contributed by atoms with E-state index in [0.29, 0.717) is 6.54 Å². The first-order valence-electron chi connectivity index (χ1n) is 7.12. The lowest BCUT2D eigenvalue weighted by molar-refractivity contribution is -0.133. The largest absolute Gasteiger partial charge is 0.334 e. The van der Waals surface area contributed by atoms with E-state index in [1.165, 1.54) is 5.56 Å². The van der Waals surface area contributed by atoms with E-state index in [-0.39, 0.29) is 11.9 Å². The van der Waals surface area contributed by atoms with Crippen molar-refractivity contribution in [1.29, 1.82) is 0 Å². The van der Waals surface area contributed by atoms with Crippen molar-refractivity contribution in [1.82, 2.24) is 9.62 Å². The molecule has 1 aliphatic rings. The highest BCUT2D eigenvalue weighted by Crippen LogP contribution is 2.32. The SMILES string of the molecule is Cc1ccc([C@@H]2CCCN2C(=O)[C@H](C)NS(C)(=O)=O)cc1. The summed E-state index contributed by atoms with van der Waals surface area (Å²) in [4.78, 5) is 14.3. The van der Waals surface area contributed by atoms with Crippen LogP contribution in [0.15, 0.2) is 24.3 Å². The molecule has 1 saturated heterocycles. The van der Waals surface area contributed by atoms with Gasteiger partial charge in [0.2, 0.25) is 15.9 Å². The topological polar surface area (TPSA) is 66.5 Å². The summed E-state index contributed by atoms with van der Waals surface area (Å²) < 4.78 is 24.9. The fourth-order valence-electron chi connectivity index (χ4n) is 2.79. The highest BCUT2D eigenvalue weighted by molar-refractivity contribution is 7.88. The predicted octanol–water partition coefficient (Wildman–Crippen LogP) is 1.60. The Labute approximate surface area is 126 Å². The molecule has 21 heavy (non-hydrogen) atoms. The molecule has 116 valence electrons. The zero-order valence-electron chi connectivity index (χ0n) is 12.7. The van der Waals surface area contributed by atoms with Crippen molar-refractivity contribution < 1.29 is 13.2 Å². The number of likely N-dealkylation sites (tertiary alicyclic amines) is 1. The van der Waals surface area contributed by atoms with E-state index < -0.39 is 16.1 Å². The molecule has 1 heterocycles. The first-order valence-corrected chi connectivity index (χ1v) is 9.01. The first-order chi connectivity index (χ1) is 9.78. The summed E-state index contributed by atoms with van der Waals surface area (Å²) in [5, 5.41) is 0. The molecule has 6 heteroatoms. The first kappa shape index (κ1) is 16.0. The number of carbonyl (C=O) groups excluding carboxylic acids is 1. The van der Waals surface area contributed by atoms with Crippen molar-refractivity contribution in [2.24, 2.45) is 0 Å². The zero-order valence-corrected chi connectivity index (χ0v) is 13.5. The van der Waals surface area contributed by atoms with E-state index in [1.807, 2.05) is 31.2 Å². The number of rotatable bonds is 4. The van der Waals surface area contributed by atoms with Gasteiger partial charge in [-0.1, -0.05) is 29.8 Å². The van der Waals surface area contributed by atoms with Gasteiger partial charge in [-0.3, -0.25) is 4.79 Å². The average Bonchev–Trinajstić information content (AvgIpc) is 2.85. The van der Waals surface area contributed by atoms with E-state index in [9.17, 15) is 13.2 Å². The van der Waals surface area contributed by atoms with Crippen LogP contribution < -0.4 is 4.72 Å². The summed E-state index contributed by atoms with van der Waals surface area (Å²) in [7, 11) is -3.38. The molecule has 1 amide bonds. The fraction of sp³-hybridized carbons (Fsp3) is 0.533. The molecule has 1 aromatic carbocycles. The van der Waals surface area contributed by atoms with Crippen LogP contribution in [0.25, 0.3) is 0 Å². The van der Waals surface area contributed by atoms with Crippen LogP contribution >= 0.6 is 0 Å². The molecule has 0 radical (unpaired) electrons.